The Morgan fingerprint density at radius 1 is 1.28 bits per heavy atom. The van der Waals surface area contributed by atoms with E-state index >= 15 is 0 Å². The van der Waals surface area contributed by atoms with Crippen molar-refractivity contribution in [3.05, 3.63) is 42.0 Å². The Morgan fingerprint density at radius 3 is 2.72 bits per heavy atom. The van der Waals surface area contributed by atoms with Gasteiger partial charge in [0.05, 0.1) is 38.2 Å². The molecule has 0 bridgehead atoms. The van der Waals surface area contributed by atoms with Crippen LogP contribution in [0, 0.1) is 0 Å². The molecule has 0 spiro atoms. The summed E-state index contributed by atoms with van der Waals surface area (Å²) >= 11 is 0. The van der Waals surface area contributed by atoms with Gasteiger partial charge in [0.15, 0.2) is 5.69 Å². The molecule has 9 heteroatoms. The molecule has 3 heterocycles. The Morgan fingerprint density at radius 2 is 2.03 bits per heavy atom. The maximum absolute atomic E-state index is 12.2. The normalized spacial score (nSPS) is 17.0. The Balaban J connectivity index is 1.38. The number of piperazine rings is 1. The molecule has 0 radical (unpaired) electrons. The van der Waals surface area contributed by atoms with Gasteiger partial charge in [0.1, 0.15) is 12.0 Å². The molecule has 1 atom stereocenters. The van der Waals surface area contributed by atoms with E-state index in [4.69, 9.17) is 13.6 Å². The molecule has 1 aliphatic heterocycles. The van der Waals surface area contributed by atoms with Crippen LogP contribution < -0.4 is 5.32 Å². The van der Waals surface area contributed by atoms with Crippen LogP contribution >= 0.6 is 0 Å². The summed E-state index contributed by atoms with van der Waals surface area (Å²) in [5, 5.41) is 12.8. The number of β-amino-alcohol motifs (C(OH)–C–C–N with tert-alkyl or cyclic N) is 1. The lowest BCUT2D eigenvalue weighted by Gasteiger charge is -2.35. The van der Waals surface area contributed by atoms with Crippen LogP contribution in [0.3, 0.4) is 0 Å². The lowest BCUT2D eigenvalue weighted by molar-refractivity contribution is -0.0151. The van der Waals surface area contributed by atoms with E-state index in [0.29, 0.717) is 37.9 Å². The number of aliphatic hydroxyl groups is 1. The molecule has 1 amide bonds. The number of oxazole rings is 1. The van der Waals surface area contributed by atoms with E-state index < -0.39 is 6.10 Å². The van der Waals surface area contributed by atoms with Gasteiger partial charge in [0.25, 0.3) is 5.91 Å². The van der Waals surface area contributed by atoms with Crippen molar-refractivity contribution in [2.75, 3.05) is 39.3 Å². The maximum atomic E-state index is 12.2. The summed E-state index contributed by atoms with van der Waals surface area (Å²) in [6, 6.07) is 3.57. The van der Waals surface area contributed by atoms with Crippen molar-refractivity contribution >= 4 is 5.91 Å². The average Bonchev–Trinajstić information content (AvgIpc) is 3.38. The molecule has 2 aromatic heterocycles. The number of aromatic nitrogens is 1. The molecule has 2 N–H and O–H groups in total. The van der Waals surface area contributed by atoms with Gasteiger partial charge in [-0.1, -0.05) is 0 Å². The van der Waals surface area contributed by atoms with Crippen molar-refractivity contribution in [3.63, 3.8) is 0 Å². The standard InChI is InChI=1S/C20H30N4O5/c1-15(2)28-13-16(25)11-23-5-7-24(8-6-23)12-19-22-18(14-29-19)20(26)21-10-17-4-3-9-27-17/h3-4,9,14-16,25H,5-8,10-13H2,1-2H3,(H,21,26)/t16-/m0/s1. The highest BCUT2D eigenvalue weighted by molar-refractivity contribution is 5.91. The average molecular weight is 406 g/mol. The number of carbonyl (C=O) groups excluding carboxylic acids is 1. The van der Waals surface area contributed by atoms with Crippen LogP contribution in [0.15, 0.2) is 33.5 Å². The summed E-state index contributed by atoms with van der Waals surface area (Å²) < 4.78 is 16.1. The minimum Gasteiger partial charge on any atom is -0.467 e. The molecule has 1 aliphatic rings. The smallest absolute Gasteiger partial charge is 0.273 e. The second kappa shape index (κ2) is 10.5. The monoisotopic (exact) mass is 406 g/mol. The van der Waals surface area contributed by atoms with Gasteiger partial charge >= 0.3 is 0 Å². The summed E-state index contributed by atoms with van der Waals surface area (Å²) in [6.07, 6.45) is 2.60. The van der Waals surface area contributed by atoms with Crippen LogP contribution in [-0.2, 0) is 17.8 Å². The number of hydrogen-bond acceptors (Lipinski definition) is 8. The molecule has 29 heavy (non-hydrogen) atoms. The fourth-order valence-electron chi connectivity index (χ4n) is 3.13. The summed E-state index contributed by atoms with van der Waals surface area (Å²) in [5.41, 5.74) is 0.262. The first kappa shape index (κ1) is 21.5. The fourth-order valence-corrected chi connectivity index (χ4v) is 3.13. The zero-order valence-corrected chi connectivity index (χ0v) is 17.0. The quantitative estimate of drug-likeness (QED) is 0.605. The highest BCUT2D eigenvalue weighted by atomic mass is 16.5. The Bertz CT molecular complexity index is 738. The number of nitrogens with zero attached hydrogens (tertiary/aromatic N) is 3. The molecule has 0 aliphatic carbocycles. The van der Waals surface area contributed by atoms with Crippen molar-refractivity contribution in [1.82, 2.24) is 20.1 Å². The van der Waals surface area contributed by atoms with Crippen LogP contribution in [0.1, 0.15) is 36.0 Å². The second-order valence-corrected chi connectivity index (χ2v) is 7.50. The first-order valence-electron chi connectivity index (χ1n) is 9.99. The van der Waals surface area contributed by atoms with Crippen molar-refractivity contribution in [1.29, 1.82) is 0 Å². The SMILES string of the molecule is CC(C)OC[C@@H](O)CN1CCN(Cc2nc(C(=O)NCc3ccco3)co2)CC1. The third-order valence-electron chi connectivity index (χ3n) is 4.70. The number of hydrogen-bond donors (Lipinski definition) is 2. The number of carbonyl (C=O) groups is 1. The molecule has 0 unspecified atom stereocenters. The molecule has 1 saturated heterocycles. The second-order valence-electron chi connectivity index (χ2n) is 7.50. The number of amides is 1. The van der Waals surface area contributed by atoms with Crippen molar-refractivity contribution < 1.29 is 23.5 Å². The minimum atomic E-state index is -0.474. The van der Waals surface area contributed by atoms with Crippen LogP contribution in [-0.4, -0.2) is 77.3 Å². The van der Waals surface area contributed by atoms with Gasteiger partial charge in [0, 0.05) is 32.7 Å². The topological polar surface area (TPSA) is 104 Å². The lowest BCUT2D eigenvalue weighted by atomic mass is 10.2. The van der Waals surface area contributed by atoms with Gasteiger partial charge in [-0.3, -0.25) is 14.6 Å². The molecular formula is C20H30N4O5. The number of aliphatic hydroxyl groups excluding tert-OH is 1. The molecule has 9 nitrogen and oxygen atoms in total. The van der Waals surface area contributed by atoms with Crippen molar-refractivity contribution in [3.8, 4) is 0 Å². The van der Waals surface area contributed by atoms with E-state index in [1.54, 1.807) is 18.4 Å². The van der Waals surface area contributed by atoms with Gasteiger partial charge < -0.3 is 24.0 Å². The Hall–Kier alpha value is -2.20. The van der Waals surface area contributed by atoms with E-state index in [2.05, 4.69) is 20.1 Å². The van der Waals surface area contributed by atoms with Crippen LogP contribution in [0.5, 0.6) is 0 Å². The summed E-state index contributed by atoms with van der Waals surface area (Å²) in [7, 11) is 0. The van der Waals surface area contributed by atoms with Gasteiger partial charge in [-0.15, -0.1) is 0 Å². The summed E-state index contributed by atoms with van der Waals surface area (Å²) in [6.45, 7) is 9.16. The van der Waals surface area contributed by atoms with Crippen LogP contribution in [0.2, 0.25) is 0 Å². The predicted molar refractivity (Wildman–Crippen MR) is 105 cm³/mol. The predicted octanol–water partition coefficient (Wildman–Crippen LogP) is 1.10. The van der Waals surface area contributed by atoms with Gasteiger partial charge in [0.2, 0.25) is 5.89 Å². The first-order valence-corrected chi connectivity index (χ1v) is 9.99. The third-order valence-corrected chi connectivity index (χ3v) is 4.70. The number of furan rings is 1. The third kappa shape index (κ3) is 6.97. The zero-order chi connectivity index (χ0) is 20.6. The Labute approximate surface area is 170 Å². The number of rotatable bonds is 10. The van der Waals surface area contributed by atoms with Crippen LogP contribution in [0.25, 0.3) is 0 Å². The summed E-state index contributed by atoms with van der Waals surface area (Å²) in [4.78, 5) is 20.9. The van der Waals surface area contributed by atoms with E-state index in [9.17, 15) is 9.90 Å². The van der Waals surface area contributed by atoms with Crippen molar-refractivity contribution in [2.24, 2.45) is 0 Å². The highest BCUT2D eigenvalue weighted by Gasteiger charge is 2.21. The number of ether oxygens (including phenoxy) is 1. The largest absolute Gasteiger partial charge is 0.467 e. The molecule has 3 rings (SSSR count). The fraction of sp³-hybridized carbons (Fsp3) is 0.600. The molecule has 0 saturated carbocycles. The van der Waals surface area contributed by atoms with E-state index in [1.807, 2.05) is 13.8 Å². The molecule has 160 valence electrons. The van der Waals surface area contributed by atoms with E-state index in [-0.39, 0.29) is 17.7 Å². The lowest BCUT2D eigenvalue weighted by Crippen LogP contribution is -2.48. The van der Waals surface area contributed by atoms with Gasteiger partial charge in [-0.2, -0.15) is 0 Å². The van der Waals surface area contributed by atoms with Gasteiger partial charge in [-0.25, -0.2) is 4.98 Å². The van der Waals surface area contributed by atoms with Crippen molar-refractivity contribution in [2.45, 2.75) is 39.1 Å². The minimum absolute atomic E-state index is 0.124. The first-order chi connectivity index (χ1) is 14.0. The molecular weight excluding hydrogens is 376 g/mol. The number of nitrogens with one attached hydrogen (secondary N) is 1. The molecule has 2 aromatic rings. The van der Waals surface area contributed by atoms with E-state index in [0.717, 1.165) is 26.2 Å². The maximum Gasteiger partial charge on any atom is 0.273 e. The molecule has 0 aromatic carbocycles. The summed E-state index contributed by atoms with van der Waals surface area (Å²) in [5.74, 6) is 0.909. The Kier molecular flexibility index (Phi) is 7.82. The van der Waals surface area contributed by atoms with Gasteiger partial charge in [-0.05, 0) is 26.0 Å². The van der Waals surface area contributed by atoms with E-state index in [1.165, 1.54) is 6.26 Å². The highest BCUT2D eigenvalue weighted by Crippen LogP contribution is 2.10. The van der Waals surface area contributed by atoms with Crippen LogP contribution in [0.4, 0.5) is 0 Å². The molecule has 1 fully saturated rings. The zero-order valence-electron chi connectivity index (χ0n) is 17.0.